The standard InChI is InChI=1S/C21H21ClN4O3/c1-3-23-18(27)13-29-17-11-9-15(10-12-17)24-21(28)19-14(2)25-26(20(19)22)16-7-5-4-6-8-16/h4-12H,3,13H2,1-2H3,(H,23,27)(H,24,28). The van der Waals surface area contributed by atoms with Gasteiger partial charge in [-0.05, 0) is 50.2 Å². The molecule has 0 atom stereocenters. The van der Waals surface area contributed by atoms with Crippen LogP contribution in [0, 0.1) is 6.92 Å². The number of hydrogen-bond acceptors (Lipinski definition) is 4. The van der Waals surface area contributed by atoms with Crippen LogP contribution in [0.3, 0.4) is 0 Å². The molecule has 150 valence electrons. The Labute approximate surface area is 173 Å². The molecule has 0 radical (unpaired) electrons. The van der Waals surface area contributed by atoms with Crippen molar-refractivity contribution in [3.63, 3.8) is 0 Å². The van der Waals surface area contributed by atoms with Crippen LogP contribution in [0.25, 0.3) is 5.69 Å². The SMILES string of the molecule is CCNC(=O)COc1ccc(NC(=O)c2c(C)nn(-c3ccccc3)c2Cl)cc1. The molecule has 0 aliphatic carbocycles. The topological polar surface area (TPSA) is 85.2 Å². The fourth-order valence-corrected chi connectivity index (χ4v) is 3.08. The molecule has 7 nitrogen and oxygen atoms in total. The fraction of sp³-hybridized carbons (Fsp3) is 0.190. The van der Waals surface area contributed by atoms with E-state index in [1.165, 1.54) is 4.68 Å². The van der Waals surface area contributed by atoms with Crippen molar-refractivity contribution >= 4 is 29.1 Å². The van der Waals surface area contributed by atoms with Crippen molar-refractivity contribution in [3.8, 4) is 11.4 Å². The zero-order chi connectivity index (χ0) is 20.8. The van der Waals surface area contributed by atoms with E-state index in [1.807, 2.05) is 37.3 Å². The Kier molecular flexibility index (Phi) is 6.51. The summed E-state index contributed by atoms with van der Waals surface area (Å²) in [5, 5.41) is 10.1. The van der Waals surface area contributed by atoms with E-state index in [0.717, 1.165) is 5.69 Å². The van der Waals surface area contributed by atoms with Crippen molar-refractivity contribution in [2.45, 2.75) is 13.8 Å². The molecule has 2 N–H and O–H groups in total. The largest absolute Gasteiger partial charge is 0.484 e. The lowest BCUT2D eigenvalue weighted by atomic mass is 10.2. The first kappa shape index (κ1) is 20.4. The highest BCUT2D eigenvalue weighted by molar-refractivity contribution is 6.34. The highest BCUT2D eigenvalue weighted by Crippen LogP contribution is 2.25. The number of halogens is 1. The highest BCUT2D eigenvalue weighted by Gasteiger charge is 2.21. The normalized spacial score (nSPS) is 10.4. The summed E-state index contributed by atoms with van der Waals surface area (Å²) in [6.45, 7) is 4.06. The lowest BCUT2D eigenvalue weighted by molar-refractivity contribution is -0.122. The number of carbonyl (C=O) groups is 2. The van der Waals surface area contributed by atoms with Crippen LogP contribution in [0.2, 0.25) is 5.15 Å². The monoisotopic (exact) mass is 412 g/mol. The van der Waals surface area contributed by atoms with Crippen molar-refractivity contribution in [2.24, 2.45) is 0 Å². The van der Waals surface area contributed by atoms with Gasteiger partial charge < -0.3 is 15.4 Å². The molecule has 29 heavy (non-hydrogen) atoms. The zero-order valence-electron chi connectivity index (χ0n) is 16.1. The first-order valence-corrected chi connectivity index (χ1v) is 9.49. The Bertz CT molecular complexity index is 1000. The third-order valence-electron chi connectivity index (χ3n) is 4.09. The van der Waals surface area contributed by atoms with Crippen molar-refractivity contribution in [1.29, 1.82) is 0 Å². The predicted molar refractivity (Wildman–Crippen MR) is 112 cm³/mol. The summed E-state index contributed by atoms with van der Waals surface area (Å²) < 4.78 is 6.93. The van der Waals surface area contributed by atoms with Crippen LogP contribution < -0.4 is 15.4 Å². The van der Waals surface area contributed by atoms with Crippen LogP contribution in [-0.4, -0.2) is 34.7 Å². The summed E-state index contributed by atoms with van der Waals surface area (Å²) in [7, 11) is 0. The molecule has 0 aliphatic heterocycles. The molecule has 0 aliphatic rings. The summed E-state index contributed by atoms with van der Waals surface area (Å²) in [6.07, 6.45) is 0. The fourth-order valence-electron chi connectivity index (χ4n) is 2.72. The Morgan fingerprint density at radius 3 is 2.45 bits per heavy atom. The smallest absolute Gasteiger partial charge is 0.260 e. The number of para-hydroxylation sites is 1. The third kappa shape index (κ3) is 4.94. The minimum Gasteiger partial charge on any atom is -0.484 e. The number of carbonyl (C=O) groups excluding carboxylic acids is 2. The van der Waals surface area contributed by atoms with Crippen LogP contribution >= 0.6 is 11.6 Å². The first-order chi connectivity index (χ1) is 14.0. The Morgan fingerprint density at radius 1 is 1.10 bits per heavy atom. The van der Waals surface area contributed by atoms with E-state index in [4.69, 9.17) is 16.3 Å². The number of rotatable bonds is 7. The second-order valence-corrected chi connectivity index (χ2v) is 6.58. The molecule has 2 aromatic carbocycles. The molecule has 0 saturated carbocycles. The number of hydrogen-bond donors (Lipinski definition) is 2. The quantitative estimate of drug-likeness (QED) is 0.620. The average Bonchev–Trinajstić information content (AvgIpc) is 3.02. The molecule has 8 heteroatoms. The van der Waals surface area contributed by atoms with E-state index in [-0.39, 0.29) is 23.6 Å². The molecule has 0 spiro atoms. The Hall–Kier alpha value is -3.32. The number of aromatic nitrogens is 2. The molecule has 0 unspecified atom stereocenters. The van der Waals surface area contributed by atoms with Gasteiger partial charge in [0.15, 0.2) is 6.61 Å². The lowest BCUT2D eigenvalue weighted by Crippen LogP contribution is -2.28. The van der Waals surface area contributed by atoms with Crippen LogP contribution in [-0.2, 0) is 4.79 Å². The summed E-state index contributed by atoms with van der Waals surface area (Å²) in [5.41, 5.74) is 2.18. The molecule has 1 heterocycles. The average molecular weight is 413 g/mol. The summed E-state index contributed by atoms with van der Waals surface area (Å²) in [6, 6.07) is 16.1. The highest BCUT2D eigenvalue weighted by atomic mass is 35.5. The summed E-state index contributed by atoms with van der Waals surface area (Å²) in [4.78, 5) is 24.2. The van der Waals surface area contributed by atoms with Gasteiger partial charge in [0.1, 0.15) is 16.5 Å². The second kappa shape index (κ2) is 9.25. The molecule has 3 rings (SSSR count). The van der Waals surface area contributed by atoms with E-state index in [9.17, 15) is 9.59 Å². The van der Waals surface area contributed by atoms with Crippen LogP contribution in [0.1, 0.15) is 23.0 Å². The van der Waals surface area contributed by atoms with Crippen LogP contribution in [0.4, 0.5) is 5.69 Å². The van der Waals surface area contributed by atoms with Gasteiger partial charge in [-0.25, -0.2) is 4.68 Å². The number of benzene rings is 2. The minimum atomic E-state index is -0.356. The van der Waals surface area contributed by atoms with Crippen LogP contribution in [0.5, 0.6) is 5.75 Å². The molecule has 0 fully saturated rings. The Balaban J connectivity index is 1.69. The molecule has 1 aromatic heterocycles. The van der Waals surface area contributed by atoms with Crippen LogP contribution in [0.15, 0.2) is 54.6 Å². The first-order valence-electron chi connectivity index (χ1n) is 9.11. The lowest BCUT2D eigenvalue weighted by Gasteiger charge is -2.08. The van der Waals surface area contributed by atoms with Gasteiger partial charge in [0, 0.05) is 12.2 Å². The van der Waals surface area contributed by atoms with Gasteiger partial charge in [0.2, 0.25) is 0 Å². The molecule has 3 aromatic rings. The Morgan fingerprint density at radius 2 is 1.79 bits per heavy atom. The van der Waals surface area contributed by atoms with Gasteiger partial charge in [0.25, 0.3) is 11.8 Å². The van der Waals surface area contributed by atoms with Crippen molar-refractivity contribution in [3.05, 3.63) is 71.0 Å². The van der Waals surface area contributed by atoms with Gasteiger partial charge in [-0.1, -0.05) is 29.8 Å². The van der Waals surface area contributed by atoms with E-state index in [0.29, 0.717) is 29.2 Å². The third-order valence-corrected chi connectivity index (χ3v) is 4.44. The molecular formula is C21H21ClN4O3. The minimum absolute atomic E-state index is 0.0625. The predicted octanol–water partition coefficient (Wildman–Crippen LogP) is 3.60. The van der Waals surface area contributed by atoms with Gasteiger partial charge >= 0.3 is 0 Å². The van der Waals surface area contributed by atoms with Gasteiger partial charge in [-0.3, -0.25) is 9.59 Å². The van der Waals surface area contributed by atoms with Crippen molar-refractivity contribution in [2.75, 3.05) is 18.5 Å². The number of anilines is 1. The van der Waals surface area contributed by atoms with Gasteiger partial charge in [0.05, 0.1) is 11.4 Å². The zero-order valence-corrected chi connectivity index (χ0v) is 16.9. The maximum absolute atomic E-state index is 12.7. The number of nitrogens with one attached hydrogen (secondary N) is 2. The number of aryl methyl sites for hydroxylation is 1. The number of likely N-dealkylation sites (N-methyl/N-ethyl adjacent to an activating group) is 1. The van der Waals surface area contributed by atoms with E-state index in [2.05, 4.69) is 15.7 Å². The number of ether oxygens (including phenoxy) is 1. The van der Waals surface area contributed by atoms with E-state index < -0.39 is 0 Å². The van der Waals surface area contributed by atoms with Crippen molar-refractivity contribution in [1.82, 2.24) is 15.1 Å². The number of nitrogens with zero attached hydrogens (tertiary/aromatic N) is 2. The van der Waals surface area contributed by atoms with E-state index >= 15 is 0 Å². The van der Waals surface area contributed by atoms with Gasteiger partial charge in [-0.2, -0.15) is 5.10 Å². The van der Waals surface area contributed by atoms with E-state index in [1.54, 1.807) is 31.2 Å². The molecule has 2 amide bonds. The van der Waals surface area contributed by atoms with Gasteiger partial charge in [-0.15, -0.1) is 0 Å². The second-order valence-electron chi connectivity index (χ2n) is 6.22. The maximum atomic E-state index is 12.7. The summed E-state index contributed by atoms with van der Waals surface area (Å²) >= 11 is 6.43. The number of amides is 2. The summed E-state index contributed by atoms with van der Waals surface area (Å²) in [5.74, 6) is -0.0172. The molecule has 0 bridgehead atoms. The maximum Gasteiger partial charge on any atom is 0.260 e. The molecular weight excluding hydrogens is 392 g/mol. The molecule has 0 saturated heterocycles. The van der Waals surface area contributed by atoms with Crippen molar-refractivity contribution < 1.29 is 14.3 Å².